The fourth-order valence-corrected chi connectivity index (χ4v) is 4.64. The average molecular weight is 507 g/mol. The van der Waals surface area contributed by atoms with Crippen LogP contribution in [0.4, 0.5) is 24.5 Å². The molecule has 184 valence electrons. The quantitative estimate of drug-likeness (QED) is 0.531. The summed E-state index contributed by atoms with van der Waals surface area (Å²) in [5.74, 6) is -3.85. The number of aromatic nitrogens is 1. The van der Waals surface area contributed by atoms with Crippen molar-refractivity contribution in [1.82, 2.24) is 4.98 Å². The Kier molecular flexibility index (Phi) is 6.68. The molecule has 1 saturated heterocycles. The molecule has 0 aliphatic carbocycles. The molecule has 4 rings (SSSR count). The van der Waals surface area contributed by atoms with Crippen molar-refractivity contribution in [3.63, 3.8) is 0 Å². The van der Waals surface area contributed by atoms with Crippen LogP contribution in [0.25, 0.3) is 0 Å². The molecule has 2 heterocycles. The first kappa shape index (κ1) is 24.5. The number of hydrogen-bond donors (Lipinski definition) is 2. The molecule has 0 unspecified atom stereocenters. The van der Waals surface area contributed by atoms with Crippen molar-refractivity contribution in [3.8, 4) is 5.75 Å². The molecule has 1 aromatic heterocycles. The number of methoxy groups -OCH3 is 1. The minimum absolute atomic E-state index is 0.136. The first-order valence-electron chi connectivity index (χ1n) is 10.4. The van der Waals surface area contributed by atoms with E-state index < -0.39 is 44.4 Å². The van der Waals surface area contributed by atoms with Gasteiger partial charge in [-0.25, -0.2) is 27.3 Å². The Labute approximate surface area is 199 Å². The van der Waals surface area contributed by atoms with Gasteiger partial charge < -0.3 is 15.0 Å². The van der Waals surface area contributed by atoms with Crippen LogP contribution in [-0.2, 0) is 14.8 Å². The first-order chi connectivity index (χ1) is 16.6. The van der Waals surface area contributed by atoms with E-state index in [1.807, 2.05) is 0 Å². The first-order valence-corrected chi connectivity index (χ1v) is 12.0. The molecular formula is C23H21F3N4O4S. The summed E-state index contributed by atoms with van der Waals surface area (Å²) in [7, 11) is -2.91. The number of benzene rings is 2. The summed E-state index contributed by atoms with van der Waals surface area (Å²) in [6.45, 7) is 0.226. The standard InChI is InChI=1S/C23H21F3N4O4S/c1-34-22-18(7-6-17(25)21(22)26)30-12-14(13-2-4-15(24)5-3-13)10-19(30)23(31)29-16-8-9-28-20(11-16)35(27,32)33/h2-9,11,14,19H,10,12H2,1H3,(H2,27,32,33)(H,28,29,31)/t14-,19-/m1/s1. The molecule has 35 heavy (non-hydrogen) atoms. The molecule has 0 spiro atoms. The number of ether oxygens (including phenoxy) is 1. The van der Waals surface area contributed by atoms with Crippen LogP contribution in [-0.4, -0.2) is 39.0 Å². The Hall–Kier alpha value is -3.64. The molecule has 0 radical (unpaired) electrons. The predicted molar refractivity (Wildman–Crippen MR) is 122 cm³/mol. The highest BCUT2D eigenvalue weighted by molar-refractivity contribution is 7.89. The summed E-state index contributed by atoms with van der Waals surface area (Å²) in [6.07, 6.45) is 1.44. The van der Waals surface area contributed by atoms with Gasteiger partial charge in [-0.15, -0.1) is 0 Å². The SMILES string of the molecule is COc1c(N2C[C@H](c3ccc(F)cc3)C[C@@H]2C(=O)Nc2ccnc(S(N)(=O)=O)c2)ccc(F)c1F. The van der Waals surface area contributed by atoms with Gasteiger partial charge in [-0.2, -0.15) is 4.39 Å². The van der Waals surface area contributed by atoms with Crippen LogP contribution in [0.5, 0.6) is 5.75 Å². The zero-order valence-electron chi connectivity index (χ0n) is 18.4. The summed E-state index contributed by atoms with van der Waals surface area (Å²) in [5.41, 5.74) is 1.06. The highest BCUT2D eigenvalue weighted by atomic mass is 32.2. The van der Waals surface area contributed by atoms with Crippen molar-refractivity contribution in [3.05, 3.63) is 77.7 Å². The fourth-order valence-electron chi connectivity index (χ4n) is 4.14. The van der Waals surface area contributed by atoms with Gasteiger partial charge in [0.25, 0.3) is 10.0 Å². The third kappa shape index (κ3) is 5.08. The van der Waals surface area contributed by atoms with Crippen molar-refractivity contribution in [2.45, 2.75) is 23.4 Å². The molecule has 3 aromatic rings. The molecule has 1 fully saturated rings. The van der Waals surface area contributed by atoms with E-state index in [1.165, 1.54) is 37.6 Å². The maximum atomic E-state index is 14.5. The zero-order chi connectivity index (χ0) is 25.3. The van der Waals surface area contributed by atoms with E-state index in [4.69, 9.17) is 9.88 Å². The molecule has 2 aromatic carbocycles. The van der Waals surface area contributed by atoms with Gasteiger partial charge >= 0.3 is 0 Å². The summed E-state index contributed by atoms with van der Waals surface area (Å²) in [4.78, 5) is 18.6. The van der Waals surface area contributed by atoms with Gasteiger partial charge in [0.1, 0.15) is 11.9 Å². The Morgan fingerprint density at radius 2 is 1.86 bits per heavy atom. The summed E-state index contributed by atoms with van der Waals surface area (Å²) >= 11 is 0. The number of rotatable bonds is 6. The van der Waals surface area contributed by atoms with E-state index in [-0.39, 0.29) is 36.0 Å². The van der Waals surface area contributed by atoms with Gasteiger partial charge in [0.05, 0.1) is 12.8 Å². The molecule has 2 atom stereocenters. The topological polar surface area (TPSA) is 115 Å². The molecule has 8 nitrogen and oxygen atoms in total. The number of nitrogens with two attached hydrogens (primary N) is 1. The van der Waals surface area contributed by atoms with E-state index in [1.54, 1.807) is 17.0 Å². The van der Waals surface area contributed by atoms with E-state index in [0.717, 1.165) is 17.7 Å². The average Bonchev–Trinajstić information content (AvgIpc) is 3.26. The molecule has 3 N–H and O–H groups in total. The number of pyridine rings is 1. The summed E-state index contributed by atoms with van der Waals surface area (Å²) in [5, 5.41) is 7.32. The lowest BCUT2D eigenvalue weighted by atomic mass is 9.96. The Morgan fingerprint density at radius 3 is 2.51 bits per heavy atom. The molecule has 0 bridgehead atoms. The Bertz CT molecular complexity index is 1370. The third-order valence-corrected chi connectivity index (χ3v) is 6.59. The largest absolute Gasteiger partial charge is 0.491 e. The van der Waals surface area contributed by atoms with E-state index in [9.17, 15) is 26.4 Å². The second-order valence-electron chi connectivity index (χ2n) is 7.98. The van der Waals surface area contributed by atoms with Crippen molar-refractivity contribution < 1.29 is 31.1 Å². The second-order valence-corrected chi connectivity index (χ2v) is 9.49. The van der Waals surface area contributed by atoms with Crippen molar-refractivity contribution in [1.29, 1.82) is 0 Å². The third-order valence-electron chi connectivity index (χ3n) is 5.78. The van der Waals surface area contributed by atoms with Gasteiger partial charge in [0, 0.05) is 30.4 Å². The van der Waals surface area contributed by atoms with Crippen molar-refractivity contribution in [2.75, 3.05) is 23.9 Å². The number of sulfonamides is 1. The number of nitrogens with one attached hydrogen (secondary N) is 1. The minimum Gasteiger partial charge on any atom is -0.491 e. The normalized spacial score (nSPS) is 17.9. The number of primary sulfonamides is 1. The number of carbonyl (C=O) groups is 1. The zero-order valence-corrected chi connectivity index (χ0v) is 19.2. The summed E-state index contributed by atoms with van der Waals surface area (Å²) in [6, 6.07) is 9.68. The van der Waals surface area contributed by atoms with Crippen LogP contribution in [0.2, 0.25) is 0 Å². The number of carbonyl (C=O) groups excluding carboxylic acids is 1. The van der Waals surface area contributed by atoms with Crippen LogP contribution in [0.15, 0.2) is 59.8 Å². The van der Waals surface area contributed by atoms with Gasteiger partial charge in [0.2, 0.25) is 11.7 Å². The van der Waals surface area contributed by atoms with Gasteiger partial charge in [-0.1, -0.05) is 12.1 Å². The number of hydrogen-bond acceptors (Lipinski definition) is 6. The summed E-state index contributed by atoms with van der Waals surface area (Å²) < 4.78 is 70.0. The molecule has 12 heteroatoms. The Balaban J connectivity index is 1.70. The number of nitrogens with zero attached hydrogens (tertiary/aromatic N) is 2. The van der Waals surface area contributed by atoms with Gasteiger partial charge in [-0.3, -0.25) is 4.79 Å². The predicted octanol–water partition coefficient (Wildman–Crippen LogP) is 3.16. The van der Waals surface area contributed by atoms with Crippen LogP contribution in [0.3, 0.4) is 0 Å². The second kappa shape index (κ2) is 9.55. The lowest BCUT2D eigenvalue weighted by Crippen LogP contribution is -2.40. The number of anilines is 2. The lowest BCUT2D eigenvalue weighted by Gasteiger charge is -2.27. The van der Waals surface area contributed by atoms with E-state index in [2.05, 4.69) is 10.3 Å². The maximum absolute atomic E-state index is 14.5. The fraction of sp³-hybridized carbons (Fsp3) is 0.217. The van der Waals surface area contributed by atoms with E-state index in [0.29, 0.717) is 0 Å². The van der Waals surface area contributed by atoms with Crippen LogP contribution >= 0.6 is 0 Å². The van der Waals surface area contributed by atoms with E-state index >= 15 is 0 Å². The van der Waals surface area contributed by atoms with Crippen molar-refractivity contribution >= 4 is 27.3 Å². The van der Waals surface area contributed by atoms with Gasteiger partial charge in [-0.05, 0) is 42.3 Å². The van der Waals surface area contributed by atoms with Crippen LogP contribution in [0, 0.1) is 17.5 Å². The molecule has 1 aliphatic heterocycles. The smallest absolute Gasteiger partial charge is 0.255 e. The Morgan fingerprint density at radius 1 is 1.14 bits per heavy atom. The number of halogens is 3. The molecule has 1 amide bonds. The molecular weight excluding hydrogens is 485 g/mol. The highest BCUT2D eigenvalue weighted by Gasteiger charge is 2.39. The monoisotopic (exact) mass is 506 g/mol. The minimum atomic E-state index is -4.10. The van der Waals surface area contributed by atoms with Crippen molar-refractivity contribution in [2.24, 2.45) is 5.14 Å². The molecule has 1 aliphatic rings. The van der Waals surface area contributed by atoms with Crippen LogP contribution < -0.4 is 20.1 Å². The molecule has 0 saturated carbocycles. The van der Waals surface area contributed by atoms with Gasteiger partial charge in [0.15, 0.2) is 16.6 Å². The highest BCUT2D eigenvalue weighted by Crippen LogP contribution is 2.41. The number of amides is 1. The maximum Gasteiger partial charge on any atom is 0.255 e. The lowest BCUT2D eigenvalue weighted by molar-refractivity contribution is -0.117. The van der Waals surface area contributed by atoms with Crippen LogP contribution in [0.1, 0.15) is 17.9 Å².